The minimum Gasteiger partial charge on any atom is -0.494 e. The minimum absolute atomic E-state index is 0.0919. The van der Waals surface area contributed by atoms with Crippen molar-refractivity contribution in [3.8, 4) is 11.4 Å². The van der Waals surface area contributed by atoms with Crippen LogP contribution in [0.1, 0.15) is 43.9 Å². The van der Waals surface area contributed by atoms with E-state index in [-0.39, 0.29) is 18.3 Å². The van der Waals surface area contributed by atoms with Gasteiger partial charge in [0.05, 0.1) is 37.6 Å². The number of ether oxygens (including phenoxy) is 3. The molecule has 3 aromatic heterocycles. The Kier molecular flexibility index (Phi) is 6.17. The standard InChI is InChI=1S/C26H29FN4O5/c1-26(2,13-34-3)23-21(14-5-8-19(25(32)33)36-12-14)22-18(9-15-11-28-30-24(15)29-22)31(23)16-6-7-17(27)20(10-16)35-4/h6-7,9-11,14,19H,5,8,12-13H2,1-4H3,(H,32,33)(H,28,29,30)/t14-,19+/m1/s1. The summed E-state index contributed by atoms with van der Waals surface area (Å²) in [6, 6.07) is 6.78. The molecule has 2 N–H and O–H groups in total. The molecule has 2 atom stereocenters. The number of nitrogens with zero attached hydrogens (tertiary/aromatic N) is 3. The van der Waals surface area contributed by atoms with Crippen LogP contribution in [-0.2, 0) is 19.7 Å². The van der Waals surface area contributed by atoms with Crippen LogP contribution < -0.4 is 4.74 Å². The molecular weight excluding hydrogens is 467 g/mol. The molecule has 1 saturated heterocycles. The fraction of sp³-hybridized carbons (Fsp3) is 0.423. The number of H-pyrrole nitrogens is 1. The average Bonchev–Trinajstić information content (AvgIpc) is 3.45. The lowest BCUT2D eigenvalue weighted by Gasteiger charge is -2.32. The topological polar surface area (TPSA) is 111 Å². The van der Waals surface area contributed by atoms with Crippen LogP contribution in [0.4, 0.5) is 4.39 Å². The number of rotatable bonds is 7. The van der Waals surface area contributed by atoms with Crippen molar-refractivity contribution in [1.29, 1.82) is 0 Å². The molecule has 0 bridgehead atoms. The highest BCUT2D eigenvalue weighted by Crippen LogP contribution is 2.44. The number of halogens is 1. The largest absolute Gasteiger partial charge is 0.494 e. The number of fused-ring (bicyclic) bond motifs is 2. The molecule has 10 heteroatoms. The van der Waals surface area contributed by atoms with E-state index in [4.69, 9.17) is 19.2 Å². The summed E-state index contributed by atoms with van der Waals surface area (Å²) in [7, 11) is 3.09. The highest BCUT2D eigenvalue weighted by Gasteiger charge is 2.38. The van der Waals surface area contributed by atoms with Crippen LogP contribution in [0.3, 0.4) is 0 Å². The Morgan fingerprint density at radius 3 is 2.78 bits per heavy atom. The molecule has 5 rings (SSSR count). The highest BCUT2D eigenvalue weighted by molar-refractivity contribution is 5.94. The number of methoxy groups -OCH3 is 2. The number of aromatic nitrogens is 4. The SMILES string of the molecule is COCC(C)(C)c1c([C@@H]2CC[C@@H](C(=O)O)OC2)c2nc3[nH]ncc3cc2n1-c1ccc(F)c(OC)c1. The minimum atomic E-state index is -0.952. The summed E-state index contributed by atoms with van der Waals surface area (Å²) >= 11 is 0. The van der Waals surface area contributed by atoms with Gasteiger partial charge in [-0.25, -0.2) is 14.2 Å². The van der Waals surface area contributed by atoms with Gasteiger partial charge in [0.25, 0.3) is 0 Å². The molecule has 0 amide bonds. The zero-order valence-corrected chi connectivity index (χ0v) is 20.7. The normalized spacial score (nSPS) is 18.7. The molecule has 0 aliphatic carbocycles. The number of pyridine rings is 1. The summed E-state index contributed by atoms with van der Waals surface area (Å²) in [5.41, 5.74) is 4.38. The molecular formula is C26H29FN4O5. The Hall–Kier alpha value is -3.50. The maximum Gasteiger partial charge on any atom is 0.332 e. The van der Waals surface area contributed by atoms with Gasteiger partial charge in [-0.2, -0.15) is 5.10 Å². The number of aliphatic carboxylic acids is 1. The van der Waals surface area contributed by atoms with Crippen molar-refractivity contribution in [3.63, 3.8) is 0 Å². The van der Waals surface area contributed by atoms with Gasteiger partial charge in [0.15, 0.2) is 23.3 Å². The van der Waals surface area contributed by atoms with E-state index < -0.39 is 23.3 Å². The second-order valence-electron chi connectivity index (χ2n) is 9.83. The first kappa shape index (κ1) is 24.2. The van der Waals surface area contributed by atoms with E-state index in [1.54, 1.807) is 25.4 Å². The van der Waals surface area contributed by atoms with Crippen molar-refractivity contribution in [2.45, 2.75) is 44.1 Å². The number of aromatic amines is 1. The molecule has 1 fully saturated rings. The fourth-order valence-electron chi connectivity index (χ4n) is 5.30. The van der Waals surface area contributed by atoms with Crippen molar-refractivity contribution in [1.82, 2.24) is 19.7 Å². The van der Waals surface area contributed by atoms with E-state index in [0.29, 0.717) is 30.8 Å². The van der Waals surface area contributed by atoms with E-state index in [2.05, 4.69) is 28.6 Å². The van der Waals surface area contributed by atoms with Gasteiger partial charge in [-0.15, -0.1) is 0 Å². The Bertz CT molecular complexity index is 1440. The van der Waals surface area contributed by atoms with Crippen molar-refractivity contribution in [3.05, 3.63) is 47.5 Å². The van der Waals surface area contributed by atoms with Crippen LogP contribution in [0.5, 0.6) is 5.75 Å². The Morgan fingerprint density at radius 1 is 1.31 bits per heavy atom. The Labute approximate surface area is 207 Å². The predicted molar refractivity (Wildman–Crippen MR) is 131 cm³/mol. The second kappa shape index (κ2) is 9.18. The third-order valence-electron chi connectivity index (χ3n) is 6.88. The lowest BCUT2D eigenvalue weighted by atomic mass is 9.81. The molecule has 0 unspecified atom stereocenters. The number of benzene rings is 1. The van der Waals surface area contributed by atoms with E-state index in [1.807, 2.05) is 6.07 Å². The van der Waals surface area contributed by atoms with E-state index in [1.165, 1.54) is 13.2 Å². The van der Waals surface area contributed by atoms with Gasteiger partial charge in [-0.1, -0.05) is 13.8 Å². The first-order chi connectivity index (χ1) is 17.2. The van der Waals surface area contributed by atoms with E-state index >= 15 is 0 Å². The number of carbonyl (C=O) groups is 1. The summed E-state index contributed by atoms with van der Waals surface area (Å²) < 4.78 is 33.1. The van der Waals surface area contributed by atoms with Crippen molar-refractivity contribution in [2.75, 3.05) is 27.4 Å². The predicted octanol–water partition coefficient (Wildman–Crippen LogP) is 4.32. The van der Waals surface area contributed by atoms with E-state index in [9.17, 15) is 14.3 Å². The molecule has 4 aromatic rings. The number of carboxylic acids is 1. The van der Waals surface area contributed by atoms with E-state index in [0.717, 1.165) is 27.7 Å². The number of nitrogens with one attached hydrogen (secondary N) is 1. The molecule has 0 radical (unpaired) electrons. The monoisotopic (exact) mass is 496 g/mol. The summed E-state index contributed by atoms with van der Waals surface area (Å²) in [5.74, 6) is -1.36. The highest BCUT2D eigenvalue weighted by atomic mass is 19.1. The van der Waals surface area contributed by atoms with Crippen LogP contribution in [0.15, 0.2) is 30.5 Å². The molecule has 36 heavy (non-hydrogen) atoms. The van der Waals surface area contributed by atoms with Crippen LogP contribution in [0.25, 0.3) is 27.8 Å². The van der Waals surface area contributed by atoms with Crippen molar-refractivity contribution >= 4 is 28.0 Å². The van der Waals surface area contributed by atoms with Crippen LogP contribution in [0.2, 0.25) is 0 Å². The van der Waals surface area contributed by atoms with Crippen LogP contribution in [-0.4, -0.2) is 64.4 Å². The quantitative estimate of drug-likeness (QED) is 0.392. The van der Waals surface area contributed by atoms with Gasteiger partial charge in [-0.3, -0.25) is 5.10 Å². The third kappa shape index (κ3) is 4.00. The lowest BCUT2D eigenvalue weighted by molar-refractivity contribution is -0.153. The van der Waals surface area contributed by atoms with Crippen molar-refractivity contribution < 1.29 is 28.5 Å². The summed E-state index contributed by atoms with van der Waals surface area (Å²) in [6.07, 6.45) is 1.92. The van der Waals surface area contributed by atoms with Crippen LogP contribution in [0, 0.1) is 5.82 Å². The number of carboxylic acid groups (broad SMARTS) is 1. The molecule has 190 valence electrons. The summed E-state index contributed by atoms with van der Waals surface area (Å²) in [4.78, 5) is 16.5. The maximum absolute atomic E-state index is 14.4. The smallest absolute Gasteiger partial charge is 0.332 e. The van der Waals surface area contributed by atoms with Gasteiger partial charge in [0.2, 0.25) is 0 Å². The van der Waals surface area contributed by atoms with Gasteiger partial charge in [0, 0.05) is 46.8 Å². The zero-order chi connectivity index (χ0) is 25.6. The average molecular weight is 497 g/mol. The Morgan fingerprint density at radius 2 is 2.11 bits per heavy atom. The summed E-state index contributed by atoms with van der Waals surface area (Å²) in [6.45, 7) is 4.84. The molecule has 0 spiro atoms. The lowest BCUT2D eigenvalue weighted by Crippen LogP contribution is -2.33. The van der Waals surface area contributed by atoms with Crippen LogP contribution >= 0.6 is 0 Å². The zero-order valence-electron chi connectivity index (χ0n) is 20.7. The Balaban J connectivity index is 1.83. The molecule has 1 aliphatic heterocycles. The molecule has 4 heterocycles. The van der Waals surface area contributed by atoms with Gasteiger partial charge in [0.1, 0.15) is 0 Å². The molecule has 0 saturated carbocycles. The first-order valence-electron chi connectivity index (χ1n) is 11.8. The van der Waals surface area contributed by atoms with Crippen molar-refractivity contribution in [2.24, 2.45) is 0 Å². The number of hydrogen-bond donors (Lipinski definition) is 2. The molecule has 1 aliphatic rings. The maximum atomic E-state index is 14.4. The molecule has 9 nitrogen and oxygen atoms in total. The van der Waals surface area contributed by atoms with Gasteiger partial charge >= 0.3 is 5.97 Å². The van der Waals surface area contributed by atoms with Gasteiger partial charge in [-0.05, 0) is 31.0 Å². The third-order valence-corrected chi connectivity index (χ3v) is 6.88. The first-order valence-corrected chi connectivity index (χ1v) is 11.8. The summed E-state index contributed by atoms with van der Waals surface area (Å²) in [5, 5.41) is 17.4. The molecule has 1 aromatic carbocycles. The second-order valence-corrected chi connectivity index (χ2v) is 9.83. The fourth-order valence-corrected chi connectivity index (χ4v) is 5.30. The van der Waals surface area contributed by atoms with Gasteiger partial charge < -0.3 is 23.9 Å². The number of hydrogen-bond acceptors (Lipinski definition) is 6.